The zero-order valence-electron chi connectivity index (χ0n) is 9.75. The van der Waals surface area contributed by atoms with Crippen LogP contribution in [-0.2, 0) is 0 Å². The number of nitrogens with zero attached hydrogens (tertiary/aromatic N) is 1. The van der Waals surface area contributed by atoms with E-state index in [1.807, 2.05) is 0 Å². The second-order valence-corrected chi connectivity index (χ2v) is 5.44. The van der Waals surface area contributed by atoms with Crippen LogP contribution in [0.5, 0.6) is 0 Å². The molecule has 1 aliphatic heterocycles. The first-order valence-electron chi connectivity index (χ1n) is 5.56. The number of alkyl halides is 3. The zero-order valence-corrected chi connectivity index (χ0v) is 11.3. The lowest BCUT2D eigenvalue weighted by atomic mass is 10.0. The van der Waals surface area contributed by atoms with Crippen LogP contribution in [0.3, 0.4) is 0 Å². The van der Waals surface area contributed by atoms with Gasteiger partial charge in [-0.15, -0.1) is 0 Å². The second kappa shape index (κ2) is 4.79. The molecule has 1 N–H and O–H groups in total. The van der Waals surface area contributed by atoms with Gasteiger partial charge in [0.25, 0.3) is 0 Å². The number of rotatable bonds is 2. The highest BCUT2D eigenvalue weighted by atomic mass is 79.9. The molecular weight excluding hydrogens is 327 g/mol. The molecule has 3 nitrogen and oxygen atoms in total. The summed E-state index contributed by atoms with van der Waals surface area (Å²) in [5, 5.41) is 9.61. The summed E-state index contributed by atoms with van der Waals surface area (Å²) in [5.74, 6) is 0. The monoisotopic (exact) mass is 337 g/mol. The van der Waals surface area contributed by atoms with E-state index in [1.54, 1.807) is 12.1 Å². The molecule has 1 heterocycles. The van der Waals surface area contributed by atoms with Crippen molar-refractivity contribution in [1.82, 2.24) is 0 Å². The zero-order chi connectivity index (χ0) is 14.3. The summed E-state index contributed by atoms with van der Waals surface area (Å²) in [5.41, 5.74) is -2.01. The molecule has 7 heteroatoms. The van der Waals surface area contributed by atoms with Gasteiger partial charge in [-0.1, -0.05) is 15.9 Å². The minimum atomic E-state index is -4.67. The third kappa shape index (κ3) is 2.62. The van der Waals surface area contributed by atoms with Crippen LogP contribution in [0, 0.1) is 0 Å². The van der Waals surface area contributed by atoms with Gasteiger partial charge in [-0.3, -0.25) is 4.79 Å². The summed E-state index contributed by atoms with van der Waals surface area (Å²) < 4.78 is 38.9. The molecule has 104 valence electrons. The molecule has 1 fully saturated rings. The molecule has 0 aliphatic carbocycles. The first kappa shape index (κ1) is 14.3. The summed E-state index contributed by atoms with van der Waals surface area (Å²) in [4.78, 5) is 12.3. The van der Waals surface area contributed by atoms with Gasteiger partial charge in [0.15, 0.2) is 11.9 Å². The second-order valence-electron chi connectivity index (χ2n) is 4.52. The van der Waals surface area contributed by atoms with Crippen molar-refractivity contribution < 1.29 is 23.1 Å². The predicted octanol–water partition coefficient (Wildman–Crippen LogP) is 2.77. The summed E-state index contributed by atoms with van der Waals surface area (Å²) in [6.07, 6.45) is -4.48. The van der Waals surface area contributed by atoms with Crippen molar-refractivity contribution in [3.05, 3.63) is 28.2 Å². The van der Waals surface area contributed by atoms with E-state index in [0.29, 0.717) is 22.0 Å². The van der Waals surface area contributed by atoms with E-state index in [9.17, 15) is 23.1 Å². The Hall–Kier alpha value is -1.08. The van der Waals surface area contributed by atoms with E-state index in [1.165, 1.54) is 11.0 Å². The van der Waals surface area contributed by atoms with Gasteiger partial charge < -0.3 is 10.0 Å². The van der Waals surface area contributed by atoms with Crippen LogP contribution in [-0.4, -0.2) is 36.3 Å². The molecule has 0 aromatic heterocycles. The van der Waals surface area contributed by atoms with Crippen molar-refractivity contribution in [3.8, 4) is 0 Å². The number of hydrogen-bond donors (Lipinski definition) is 1. The first-order chi connectivity index (χ1) is 8.77. The fourth-order valence-electron chi connectivity index (χ4n) is 2.14. The number of anilines is 1. The van der Waals surface area contributed by atoms with Gasteiger partial charge in [-0.05, 0) is 18.2 Å². The van der Waals surface area contributed by atoms with Crippen LogP contribution in [0.1, 0.15) is 16.8 Å². The summed E-state index contributed by atoms with van der Waals surface area (Å²) >= 11 is 3.19. The highest BCUT2D eigenvalue weighted by molar-refractivity contribution is 9.10. The standard InChI is InChI=1S/C12H11BrF3NO2/c13-9-1-2-10(8(5-9)6-18)17-4-3-11(19,7-17)12(14,15)16/h1-2,5-6,19H,3-4,7H2. The molecule has 19 heavy (non-hydrogen) atoms. The summed E-state index contributed by atoms with van der Waals surface area (Å²) in [6.45, 7) is -0.503. The van der Waals surface area contributed by atoms with Gasteiger partial charge in [0.1, 0.15) is 0 Å². The van der Waals surface area contributed by atoms with E-state index >= 15 is 0 Å². The molecule has 0 saturated carbocycles. The molecule has 1 aromatic carbocycles. The number of aldehydes is 1. The minimum absolute atomic E-state index is 0.0540. The van der Waals surface area contributed by atoms with Crippen LogP contribution in [0.4, 0.5) is 18.9 Å². The molecule has 2 rings (SSSR count). The molecule has 1 atom stereocenters. The Bertz CT molecular complexity index is 506. The fourth-order valence-corrected chi connectivity index (χ4v) is 2.52. The molecule has 0 amide bonds. The van der Waals surface area contributed by atoms with Crippen LogP contribution < -0.4 is 4.90 Å². The summed E-state index contributed by atoms with van der Waals surface area (Å²) in [6, 6.07) is 4.75. The smallest absolute Gasteiger partial charge is 0.379 e. The van der Waals surface area contributed by atoms with Crippen LogP contribution in [0.2, 0.25) is 0 Å². The van der Waals surface area contributed by atoms with E-state index in [0.717, 1.165) is 0 Å². The van der Waals surface area contributed by atoms with Crippen molar-refractivity contribution in [2.24, 2.45) is 0 Å². The average Bonchev–Trinajstić information content (AvgIpc) is 2.72. The summed E-state index contributed by atoms with van der Waals surface area (Å²) in [7, 11) is 0. The molecular formula is C12H11BrF3NO2. The van der Waals surface area contributed by atoms with Crippen LogP contribution >= 0.6 is 15.9 Å². The number of carbonyl (C=O) groups excluding carboxylic acids is 1. The molecule has 0 spiro atoms. The third-order valence-corrected chi connectivity index (χ3v) is 3.73. The van der Waals surface area contributed by atoms with E-state index in [-0.39, 0.29) is 6.54 Å². The largest absolute Gasteiger partial charge is 0.418 e. The Kier molecular flexibility index (Phi) is 3.61. The lowest BCUT2D eigenvalue weighted by molar-refractivity contribution is -0.250. The van der Waals surface area contributed by atoms with Crippen molar-refractivity contribution >= 4 is 27.9 Å². The third-order valence-electron chi connectivity index (χ3n) is 3.23. The number of aliphatic hydroxyl groups is 1. The topological polar surface area (TPSA) is 40.5 Å². The van der Waals surface area contributed by atoms with Gasteiger partial charge in [-0.25, -0.2) is 0 Å². The van der Waals surface area contributed by atoms with Crippen molar-refractivity contribution in [2.45, 2.75) is 18.2 Å². The van der Waals surface area contributed by atoms with Gasteiger partial charge >= 0.3 is 6.18 Å². The molecule has 0 bridgehead atoms. The van der Waals surface area contributed by atoms with Crippen LogP contribution in [0.15, 0.2) is 22.7 Å². The Balaban J connectivity index is 2.29. The molecule has 1 aliphatic rings. The van der Waals surface area contributed by atoms with Crippen LogP contribution in [0.25, 0.3) is 0 Å². The van der Waals surface area contributed by atoms with Crippen molar-refractivity contribution in [2.75, 3.05) is 18.0 Å². The average molecular weight is 338 g/mol. The Labute approximate surface area is 116 Å². The number of carbonyl (C=O) groups is 1. The quantitative estimate of drug-likeness (QED) is 0.843. The van der Waals surface area contributed by atoms with Crippen molar-refractivity contribution in [1.29, 1.82) is 0 Å². The molecule has 1 saturated heterocycles. The highest BCUT2D eigenvalue weighted by Crippen LogP contribution is 2.39. The SMILES string of the molecule is O=Cc1cc(Br)ccc1N1CCC(O)(C(F)(F)F)C1. The van der Waals surface area contributed by atoms with E-state index in [4.69, 9.17) is 0 Å². The predicted molar refractivity (Wildman–Crippen MR) is 67.4 cm³/mol. The number of halogens is 4. The number of β-amino-alcohol motifs (C(OH)–C–C–N with tert-alkyl or cyclic N) is 1. The van der Waals surface area contributed by atoms with Crippen molar-refractivity contribution in [3.63, 3.8) is 0 Å². The molecule has 1 unspecified atom stereocenters. The Morgan fingerprint density at radius 3 is 2.63 bits per heavy atom. The normalized spacial score (nSPS) is 23.7. The van der Waals surface area contributed by atoms with Gasteiger partial charge in [0.2, 0.25) is 0 Å². The lowest BCUT2D eigenvalue weighted by Crippen LogP contribution is -2.47. The maximum absolute atomic E-state index is 12.7. The van der Waals surface area contributed by atoms with E-state index in [2.05, 4.69) is 15.9 Å². The fraction of sp³-hybridized carbons (Fsp3) is 0.417. The molecule has 0 radical (unpaired) electrons. The number of hydrogen-bond acceptors (Lipinski definition) is 3. The highest BCUT2D eigenvalue weighted by Gasteiger charge is 2.57. The van der Waals surface area contributed by atoms with Gasteiger partial charge in [0, 0.05) is 28.7 Å². The minimum Gasteiger partial charge on any atom is -0.379 e. The lowest BCUT2D eigenvalue weighted by Gasteiger charge is -2.27. The maximum atomic E-state index is 12.7. The Morgan fingerprint density at radius 1 is 1.42 bits per heavy atom. The Morgan fingerprint density at radius 2 is 2.11 bits per heavy atom. The number of benzene rings is 1. The van der Waals surface area contributed by atoms with Gasteiger partial charge in [-0.2, -0.15) is 13.2 Å². The first-order valence-corrected chi connectivity index (χ1v) is 6.35. The van der Waals surface area contributed by atoms with E-state index < -0.39 is 24.7 Å². The maximum Gasteiger partial charge on any atom is 0.418 e. The van der Waals surface area contributed by atoms with Gasteiger partial charge in [0.05, 0.1) is 6.54 Å². The molecule has 1 aromatic rings.